The van der Waals surface area contributed by atoms with E-state index in [2.05, 4.69) is 456 Å². The normalized spacial score (nSPS) is 14.7. The van der Waals surface area contributed by atoms with Crippen molar-refractivity contribution in [2.75, 3.05) is 0 Å². The number of nitrogens with zero attached hydrogens (tertiary/aromatic N) is 4. The Labute approximate surface area is 851 Å². The molecule has 20 aromatic rings. The van der Waals surface area contributed by atoms with Gasteiger partial charge in [0.2, 0.25) is 22.8 Å². The van der Waals surface area contributed by atoms with E-state index in [1.807, 2.05) is 0 Å². The third-order valence-corrected chi connectivity index (χ3v) is 35.2. The number of benzene rings is 12. The summed E-state index contributed by atoms with van der Waals surface area (Å²) in [4.78, 5) is 0. The van der Waals surface area contributed by atoms with Gasteiger partial charge in [-0.05, 0) is 299 Å². The van der Waals surface area contributed by atoms with Gasteiger partial charge in [-0.3, -0.25) is 0 Å². The predicted molar refractivity (Wildman–Crippen MR) is 601 cm³/mol. The van der Waals surface area contributed by atoms with Gasteiger partial charge in [0.1, 0.15) is 72.9 Å². The fourth-order valence-electron chi connectivity index (χ4n) is 28.1. The standard InChI is InChI=1S/C36H40NO.C34H34NO.C34H36NO.C32H32NO/c1-20(2)27-17-32(37(9)19-24(27)8)34-23(7)14-15-26-29-16-28-25-12-10-11-13-30(25)36(21(3)4,22(5)6)31(28)18-33(29)38-35(26)34;1-20(2)25-17-30(35(5)19-22(25)4)32-21(3)12-13-24-27-16-29-26(18-31(27)36-33(24)32)23-10-6-7-11-28(23)34(29)14-8-9-15-34;1-8-34(9-2)28-13-11-10-12-23(28)26-16-27-24-15-14-21(5)32(33(24)36-31(27)18-29(26)34)30-17-25(20(3)4)22(6)19-35(30)7;1-18(2)23-15-28(33(7)17-20(23)4)30-19(3)12-13-22-25-14-24-21-10-8-9-11-26(21)32(5,6)27(24)16-29(25)34-31(22)30/h10-22H,1-9H3;6-7,10-13,16-20H,8-9,14-15H2,1-5H3;10-20H,8-9H2,1-7H3;8-18H,1-7H3/q4*+1. The molecule has 25 rings (SSSR count). The van der Waals surface area contributed by atoms with Crippen LogP contribution < -0.4 is 18.3 Å². The van der Waals surface area contributed by atoms with Crippen LogP contribution in [0.2, 0.25) is 0 Å². The van der Waals surface area contributed by atoms with Crippen molar-refractivity contribution in [2.45, 2.75) is 250 Å². The van der Waals surface area contributed by atoms with Gasteiger partial charge in [0, 0.05) is 111 Å². The highest BCUT2D eigenvalue weighted by molar-refractivity contribution is 6.16. The second kappa shape index (κ2) is 35.2. The molecule has 144 heavy (non-hydrogen) atoms. The molecule has 0 atom stereocenters. The lowest BCUT2D eigenvalue weighted by molar-refractivity contribution is -0.660. The number of furan rings is 4. The third kappa shape index (κ3) is 14.3. The van der Waals surface area contributed by atoms with Crippen molar-refractivity contribution in [3.05, 3.63) is 354 Å². The lowest BCUT2D eigenvalue weighted by Crippen LogP contribution is -2.37. The minimum Gasteiger partial charge on any atom is -0.455 e. The molecular formula is C136H142N4O4+4. The van der Waals surface area contributed by atoms with Crippen molar-refractivity contribution in [3.8, 4) is 89.5 Å². The number of aryl methyl sites for hydroxylation is 12. The second-order valence-electron chi connectivity index (χ2n) is 45.8. The van der Waals surface area contributed by atoms with Gasteiger partial charge in [-0.1, -0.05) is 269 Å². The van der Waals surface area contributed by atoms with Gasteiger partial charge in [0.25, 0.3) is 0 Å². The van der Waals surface area contributed by atoms with E-state index in [0.717, 1.165) is 57.5 Å². The van der Waals surface area contributed by atoms with Crippen LogP contribution in [0, 0.1) is 67.2 Å². The first-order chi connectivity index (χ1) is 68.9. The largest absolute Gasteiger partial charge is 0.455 e. The molecule has 5 aliphatic rings. The van der Waals surface area contributed by atoms with Crippen molar-refractivity contribution in [2.24, 2.45) is 40.0 Å². The Balaban J connectivity index is 0.000000110. The molecule has 0 N–H and O–H groups in total. The Morgan fingerprint density at radius 1 is 0.264 bits per heavy atom. The molecule has 8 aromatic heterocycles. The summed E-state index contributed by atoms with van der Waals surface area (Å²) in [7, 11) is 8.60. The van der Waals surface area contributed by atoms with E-state index in [-0.39, 0.29) is 21.7 Å². The number of rotatable bonds is 12. The van der Waals surface area contributed by atoms with Crippen molar-refractivity contribution in [1.82, 2.24) is 0 Å². The molecule has 0 aliphatic heterocycles. The summed E-state index contributed by atoms with van der Waals surface area (Å²) < 4.78 is 36.2. The first-order valence-corrected chi connectivity index (χ1v) is 53.4. The van der Waals surface area contributed by atoms with Gasteiger partial charge in [0.05, 0.1) is 22.3 Å². The van der Waals surface area contributed by atoms with E-state index in [1.165, 1.54) is 270 Å². The zero-order valence-electron chi connectivity index (χ0n) is 90.2. The van der Waals surface area contributed by atoms with E-state index in [0.29, 0.717) is 35.5 Å². The number of fused-ring (bicyclic) bond motifs is 26. The Morgan fingerprint density at radius 3 is 0.910 bits per heavy atom. The monoisotopic (exact) mass is 1900 g/mol. The van der Waals surface area contributed by atoms with Gasteiger partial charge in [0.15, 0.2) is 24.8 Å². The van der Waals surface area contributed by atoms with E-state index >= 15 is 0 Å². The highest BCUT2D eigenvalue weighted by atomic mass is 16.3. The molecule has 0 amide bonds. The molecule has 12 aromatic carbocycles. The molecule has 0 saturated heterocycles. The molecular weight excluding hydrogens is 1750 g/mol. The second-order valence-corrected chi connectivity index (χ2v) is 45.8. The van der Waals surface area contributed by atoms with Gasteiger partial charge < -0.3 is 17.7 Å². The number of pyridine rings is 4. The summed E-state index contributed by atoms with van der Waals surface area (Å²) in [6, 6.07) is 82.4. The maximum atomic E-state index is 6.87. The fourth-order valence-corrected chi connectivity index (χ4v) is 28.1. The van der Waals surface area contributed by atoms with Crippen molar-refractivity contribution in [3.63, 3.8) is 0 Å². The minimum atomic E-state index is -0.0343. The summed E-state index contributed by atoms with van der Waals surface area (Å²) in [5, 5.41) is 9.67. The highest BCUT2D eigenvalue weighted by Crippen LogP contribution is 2.62. The predicted octanol–water partition coefficient (Wildman–Crippen LogP) is 35.1. The molecule has 8 heterocycles. The highest BCUT2D eigenvalue weighted by Gasteiger charge is 2.50. The number of hydrogen-bond donors (Lipinski definition) is 0. The lowest BCUT2D eigenvalue weighted by Gasteiger charge is -2.40. The maximum absolute atomic E-state index is 6.87. The van der Waals surface area contributed by atoms with Gasteiger partial charge in [-0.15, -0.1) is 0 Å². The molecule has 1 saturated carbocycles. The molecule has 8 heteroatoms. The first-order valence-electron chi connectivity index (χ1n) is 53.4. The van der Waals surface area contributed by atoms with E-state index in [1.54, 1.807) is 0 Å². The zero-order valence-corrected chi connectivity index (χ0v) is 90.2. The molecule has 726 valence electrons. The molecule has 1 fully saturated rings. The fraction of sp³-hybridized carbons (Fsp3) is 0.324. The van der Waals surface area contributed by atoms with Crippen LogP contribution in [0.15, 0.2) is 261 Å². The maximum Gasteiger partial charge on any atom is 0.216 e. The van der Waals surface area contributed by atoms with Gasteiger partial charge >= 0.3 is 0 Å². The number of hydrogen-bond acceptors (Lipinski definition) is 4. The van der Waals surface area contributed by atoms with Crippen LogP contribution >= 0.6 is 0 Å². The minimum absolute atomic E-state index is 0.0343. The lowest BCUT2D eigenvalue weighted by atomic mass is 9.63. The van der Waals surface area contributed by atoms with Crippen LogP contribution in [-0.4, -0.2) is 0 Å². The summed E-state index contributed by atoms with van der Waals surface area (Å²) in [6.45, 7) is 54.6. The zero-order chi connectivity index (χ0) is 101. The van der Waals surface area contributed by atoms with E-state index in [9.17, 15) is 0 Å². The van der Waals surface area contributed by atoms with Crippen molar-refractivity contribution >= 4 is 87.8 Å². The average molecular weight is 1900 g/mol. The summed E-state index contributed by atoms with van der Waals surface area (Å²) >= 11 is 0. The van der Waals surface area contributed by atoms with E-state index < -0.39 is 0 Å². The van der Waals surface area contributed by atoms with Gasteiger partial charge in [-0.2, -0.15) is 0 Å². The number of aromatic nitrogens is 4. The molecule has 0 radical (unpaired) electrons. The third-order valence-electron chi connectivity index (χ3n) is 35.2. The van der Waals surface area contributed by atoms with Crippen LogP contribution in [-0.2, 0) is 49.9 Å². The van der Waals surface area contributed by atoms with Crippen LogP contribution in [0.1, 0.15) is 284 Å². The van der Waals surface area contributed by atoms with Crippen LogP contribution in [0.25, 0.3) is 177 Å². The smallest absolute Gasteiger partial charge is 0.216 e. The van der Waals surface area contributed by atoms with Gasteiger partial charge in [-0.25, -0.2) is 18.3 Å². The average Bonchev–Trinajstić information content (AvgIpc) is 1.55. The topological polar surface area (TPSA) is 68.1 Å². The van der Waals surface area contributed by atoms with Crippen molar-refractivity contribution < 1.29 is 35.9 Å². The van der Waals surface area contributed by atoms with Crippen LogP contribution in [0.4, 0.5) is 0 Å². The molecule has 1 spiro atoms. The Kier molecular flexibility index (Phi) is 23.3. The van der Waals surface area contributed by atoms with E-state index in [4.69, 9.17) is 17.7 Å². The quantitative estimate of drug-likeness (QED) is 0.114. The Hall–Kier alpha value is -13.6. The van der Waals surface area contributed by atoms with Crippen molar-refractivity contribution in [1.29, 1.82) is 0 Å². The molecule has 0 bridgehead atoms. The SMILES string of the molecule is CCC1(CC)c2ccccc2-c2cc3c(cc21)oc1c(-c2cc(C(C)C)c(C)c[n+]2C)c(C)ccc13.Cc1c[n+](C)c(-c2c(C)ccc3c2oc2cc4c(cc23)-c2ccccc2C4(C(C)C)C(C)C)cc1C(C)C.Cc1c[n+](C)c(-c2c(C)ccc3c2oc2cc4c(cc23)-c2ccccc2C4(C)C)cc1C(C)C.Cc1c[n+](C)c(-c2c(C)ccc3c2oc2cc4c(cc23)C2(CCCC2)c2ccccc2-4)cc1C(C)C. The Bertz CT molecular complexity index is 8660. The first kappa shape index (κ1) is 95.3. The molecule has 5 aliphatic carbocycles. The van der Waals surface area contributed by atoms with Crippen LogP contribution in [0.3, 0.4) is 0 Å². The molecule has 0 unspecified atom stereocenters. The summed E-state index contributed by atoms with van der Waals surface area (Å²) in [5.74, 6) is 2.81. The molecule has 8 nitrogen and oxygen atoms in total. The summed E-state index contributed by atoms with van der Waals surface area (Å²) in [5.41, 5.74) is 56.1. The Morgan fingerprint density at radius 2 is 0.549 bits per heavy atom. The summed E-state index contributed by atoms with van der Waals surface area (Å²) in [6.07, 6.45) is 16.3. The van der Waals surface area contributed by atoms with Crippen LogP contribution in [0.5, 0.6) is 0 Å².